The quantitative estimate of drug-likeness (QED) is 0.726. The number of hydrogen-bond acceptors (Lipinski definition) is 1. The molecule has 0 fully saturated rings. The number of rotatable bonds is 4. The Labute approximate surface area is 114 Å². The second kappa shape index (κ2) is 6.06. The summed E-state index contributed by atoms with van der Waals surface area (Å²) in [5, 5.41) is 0. The van der Waals surface area contributed by atoms with Gasteiger partial charge in [0.1, 0.15) is 12.4 Å². The lowest BCUT2D eigenvalue weighted by Crippen LogP contribution is -1.97. The molecule has 0 amide bonds. The molecule has 0 N–H and O–H groups in total. The van der Waals surface area contributed by atoms with E-state index in [-0.39, 0.29) is 6.04 Å². The first kappa shape index (κ1) is 13.2. The molecule has 1 unspecified atom stereocenters. The Morgan fingerprint density at radius 2 is 1.89 bits per heavy atom. The minimum atomic E-state index is -0.0943. The van der Waals surface area contributed by atoms with E-state index in [1.807, 2.05) is 62.4 Å². The Kier molecular flexibility index (Phi) is 4.20. The summed E-state index contributed by atoms with van der Waals surface area (Å²) in [4.78, 5) is 3.55. The van der Waals surface area contributed by atoms with Crippen LogP contribution in [-0.2, 0) is 6.61 Å². The Morgan fingerprint density at radius 1 is 1.16 bits per heavy atom. The Morgan fingerprint density at radius 3 is 2.53 bits per heavy atom. The molecule has 0 spiro atoms. The van der Waals surface area contributed by atoms with Crippen LogP contribution in [-0.4, -0.2) is 0 Å². The molecule has 0 aliphatic rings. The summed E-state index contributed by atoms with van der Waals surface area (Å²) in [6.45, 7) is 11.6. The van der Waals surface area contributed by atoms with E-state index in [4.69, 9.17) is 11.3 Å². The van der Waals surface area contributed by atoms with Gasteiger partial charge in [0.25, 0.3) is 0 Å². The maximum absolute atomic E-state index is 7.08. The standard InChI is InChI=1S/C17H17NO/c1-13-11-16(9-10-17(13)14(2)18-3)19-12-15-7-5-4-6-8-15/h4-11,14H,12H2,1-2H3. The predicted molar refractivity (Wildman–Crippen MR) is 77.0 cm³/mol. The van der Waals surface area contributed by atoms with Crippen LogP contribution in [0.25, 0.3) is 4.85 Å². The average molecular weight is 251 g/mol. The molecule has 0 heterocycles. The fourth-order valence-electron chi connectivity index (χ4n) is 2.02. The highest BCUT2D eigenvalue weighted by Crippen LogP contribution is 2.25. The van der Waals surface area contributed by atoms with Crippen LogP contribution in [0, 0.1) is 13.5 Å². The Bertz CT molecular complexity index is 584. The van der Waals surface area contributed by atoms with Crippen LogP contribution < -0.4 is 4.74 Å². The highest BCUT2D eigenvalue weighted by Gasteiger charge is 2.11. The average Bonchev–Trinajstić information content (AvgIpc) is 2.45. The van der Waals surface area contributed by atoms with Crippen LogP contribution in [0.1, 0.15) is 29.7 Å². The summed E-state index contributed by atoms with van der Waals surface area (Å²) in [6.07, 6.45) is 0. The van der Waals surface area contributed by atoms with Crippen LogP contribution in [0.5, 0.6) is 5.75 Å². The lowest BCUT2D eigenvalue weighted by molar-refractivity contribution is 0.306. The summed E-state index contributed by atoms with van der Waals surface area (Å²) in [6, 6.07) is 15.9. The van der Waals surface area contributed by atoms with Gasteiger partial charge in [-0.2, -0.15) is 0 Å². The van der Waals surface area contributed by atoms with E-state index in [2.05, 4.69) is 4.85 Å². The minimum Gasteiger partial charge on any atom is -0.489 e. The van der Waals surface area contributed by atoms with Gasteiger partial charge < -0.3 is 9.58 Å². The van der Waals surface area contributed by atoms with E-state index in [1.165, 1.54) is 0 Å². The molecule has 2 nitrogen and oxygen atoms in total. The molecule has 2 heteroatoms. The monoisotopic (exact) mass is 251 g/mol. The largest absolute Gasteiger partial charge is 0.489 e. The molecule has 0 saturated heterocycles. The zero-order valence-electron chi connectivity index (χ0n) is 11.3. The molecular formula is C17H17NO. The molecule has 0 radical (unpaired) electrons. The van der Waals surface area contributed by atoms with Crippen molar-refractivity contribution >= 4 is 0 Å². The Hall–Kier alpha value is -2.27. The predicted octanol–water partition coefficient (Wildman–Crippen LogP) is 4.55. The summed E-state index contributed by atoms with van der Waals surface area (Å²) < 4.78 is 5.76. The third kappa shape index (κ3) is 3.35. The zero-order chi connectivity index (χ0) is 13.7. The second-order valence-corrected chi connectivity index (χ2v) is 4.60. The topological polar surface area (TPSA) is 13.6 Å². The summed E-state index contributed by atoms with van der Waals surface area (Å²) in [5.74, 6) is 0.849. The molecule has 0 aliphatic carbocycles. The molecule has 2 aromatic carbocycles. The van der Waals surface area contributed by atoms with Gasteiger partial charge in [-0.15, -0.1) is 0 Å². The minimum absolute atomic E-state index is 0.0943. The maximum Gasteiger partial charge on any atom is 0.246 e. The van der Waals surface area contributed by atoms with Crippen LogP contribution in [0.15, 0.2) is 48.5 Å². The van der Waals surface area contributed by atoms with Gasteiger partial charge in [-0.25, -0.2) is 6.57 Å². The van der Waals surface area contributed by atoms with Crippen molar-refractivity contribution in [1.29, 1.82) is 0 Å². The number of benzene rings is 2. The molecule has 0 aliphatic heterocycles. The van der Waals surface area contributed by atoms with Crippen LogP contribution in [0.3, 0.4) is 0 Å². The lowest BCUT2D eigenvalue weighted by Gasteiger charge is -2.10. The first-order chi connectivity index (χ1) is 9.20. The van der Waals surface area contributed by atoms with Crippen molar-refractivity contribution in [3.05, 3.63) is 76.6 Å². The molecule has 19 heavy (non-hydrogen) atoms. The molecule has 1 atom stereocenters. The first-order valence-corrected chi connectivity index (χ1v) is 6.34. The van der Waals surface area contributed by atoms with E-state index in [0.717, 1.165) is 22.4 Å². The molecular weight excluding hydrogens is 234 g/mol. The van der Waals surface area contributed by atoms with Crippen molar-refractivity contribution in [2.75, 3.05) is 0 Å². The number of hydrogen-bond donors (Lipinski definition) is 0. The third-order valence-electron chi connectivity index (χ3n) is 3.13. The summed E-state index contributed by atoms with van der Waals surface area (Å²) in [7, 11) is 0. The molecule has 2 aromatic rings. The van der Waals surface area contributed by atoms with Gasteiger partial charge in [0, 0.05) is 12.5 Å². The van der Waals surface area contributed by atoms with Crippen LogP contribution in [0.2, 0.25) is 0 Å². The van der Waals surface area contributed by atoms with Gasteiger partial charge in [-0.05, 0) is 36.2 Å². The zero-order valence-corrected chi connectivity index (χ0v) is 11.3. The highest BCUT2D eigenvalue weighted by molar-refractivity contribution is 5.37. The number of nitrogens with zero attached hydrogens (tertiary/aromatic N) is 1. The normalized spacial score (nSPS) is 11.6. The molecule has 0 saturated carbocycles. The summed E-state index contributed by atoms with van der Waals surface area (Å²) in [5.41, 5.74) is 3.33. The molecule has 0 bridgehead atoms. The summed E-state index contributed by atoms with van der Waals surface area (Å²) >= 11 is 0. The van der Waals surface area contributed by atoms with Crippen molar-refractivity contribution in [2.24, 2.45) is 0 Å². The number of aryl methyl sites for hydroxylation is 1. The first-order valence-electron chi connectivity index (χ1n) is 6.34. The van der Waals surface area contributed by atoms with E-state index >= 15 is 0 Å². The van der Waals surface area contributed by atoms with E-state index in [0.29, 0.717) is 6.61 Å². The van der Waals surface area contributed by atoms with E-state index in [1.54, 1.807) is 0 Å². The van der Waals surface area contributed by atoms with Gasteiger partial charge in [0.15, 0.2) is 0 Å². The smallest absolute Gasteiger partial charge is 0.246 e. The molecule has 2 rings (SSSR count). The van der Waals surface area contributed by atoms with E-state index in [9.17, 15) is 0 Å². The lowest BCUT2D eigenvalue weighted by atomic mass is 10.0. The van der Waals surface area contributed by atoms with Crippen molar-refractivity contribution in [1.82, 2.24) is 0 Å². The van der Waals surface area contributed by atoms with Crippen molar-refractivity contribution < 1.29 is 4.74 Å². The molecule has 0 aromatic heterocycles. The van der Waals surface area contributed by atoms with Crippen LogP contribution in [0.4, 0.5) is 0 Å². The number of ether oxygens (including phenoxy) is 1. The van der Waals surface area contributed by atoms with E-state index < -0.39 is 0 Å². The van der Waals surface area contributed by atoms with Gasteiger partial charge in [-0.1, -0.05) is 30.3 Å². The highest BCUT2D eigenvalue weighted by atomic mass is 16.5. The fourth-order valence-corrected chi connectivity index (χ4v) is 2.02. The van der Waals surface area contributed by atoms with Gasteiger partial charge >= 0.3 is 0 Å². The maximum atomic E-state index is 7.08. The Balaban J connectivity index is 2.07. The van der Waals surface area contributed by atoms with Gasteiger partial charge in [-0.3, -0.25) is 0 Å². The SMILES string of the molecule is [C-]#[N+]C(C)c1ccc(OCc2ccccc2)cc1C. The van der Waals surface area contributed by atoms with Crippen molar-refractivity contribution in [2.45, 2.75) is 26.5 Å². The second-order valence-electron chi connectivity index (χ2n) is 4.60. The van der Waals surface area contributed by atoms with Crippen molar-refractivity contribution in [3.8, 4) is 5.75 Å². The fraction of sp³-hybridized carbons (Fsp3) is 0.235. The van der Waals surface area contributed by atoms with Crippen LogP contribution >= 0.6 is 0 Å². The third-order valence-corrected chi connectivity index (χ3v) is 3.13. The van der Waals surface area contributed by atoms with Gasteiger partial charge in [0.05, 0.1) is 0 Å². The van der Waals surface area contributed by atoms with Gasteiger partial charge in [0.2, 0.25) is 6.04 Å². The molecule has 96 valence electrons. The van der Waals surface area contributed by atoms with Crippen molar-refractivity contribution in [3.63, 3.8) is 0 Å².